The molecule has 2 unspecified atom stereocenters. The molecule has 1 heterocycles. The predicted octanol–water partition coefficient (Wildman–Crippen LogP) is 3.11. The summed E-state index contributed by atoms with van der Waals surface area (Å²) < 4.78 is 5.65. The van der Waals surface area contributed by atoms with Crippen LogP contribution in [0.5, 0.6) is 0 Å². The Morgan fingerprint density at radius 1 is 1.33 bits per heavy atom. The minimum Gasteiger partial charge on any atom is -0.378 e. The lowest BCUT2D eigenvalue weighted by atomic mass is 10.0. The third-order valence-corrected chi connectivity index (χ3v) is 3.43. The number of hydrogen-bond acceptors (Lipinski definition) is 2. The summed E-state index contributed by atoms with van der Waals surface area (Å²) in [7, 11) is 2.09. The van der Waals surface area contributed by atoms with Crippen LogP contribution in [0.15, 0.2) is 0 Å². The molecule has 0 saturated carbocycles. The quantitative estimate of drug-likeness (QED) is 0.626. The van der Waals surface area contributed by atoms with Crippen molar-refractivity contribution in [2.24, 2.45) is 0 Å². The van der Waals surface area contributed by atoms with Gasteiger partial charge in [0.1, 0.15) is 0 Å². The summed E-state index contributed by atoms with van der Waals surface area (Å²) in [5.74, 6) is 0. The molecular formula is C13H27NO. The molecule has 15 heavy (non-hydrogen) atoms. The fourth-order valence-corrected chi connectivity index (χ4v) is 2.33. The zero-order valence-electron chi connectivity index (χ0n) is 10.4. The second kappa shape index (κ2) is 8.12. The molecule has 90 valence electrons. The average Bonchev–Trinajstić information content (AvgIpc) is 2.76. The third kappa shape index (κ3) is 5.53. The molecule has 2 atom stereocenters. The standard InChI is InChI=1S/C13H27NO/c1-3-4-5-7-12(14-2)9-10-13-8-6-11-15-13/h12-14H,3-11H2,1-2H3. The Bertz CT molecular complexity index is 143. The van der Waals surface area contributed by atoms with E-state index in [9.17, 15) is 0 Å². The zero-order chi connectivity index (χ0) is 10.9. The van der Waals surface area contributed by atoms with Gasteiger partial charge in [-0.15, -0.1) is 0 Å². The van der Waals surface area contributed by atoms with Crippen molar-refractivity contribution < 1.29 is 4.74 Å². The summed E-state index contributed by atoms with van der Waals surface area (Å²) >= 11 is 0. The molecule has 2 nitrogen and oxygen atoms in total. The van der Waals surface area contributed by atoms with E-state index < -0.39 is 0 Å². The van der Waals surface area contributed by atoms with Crippen molar-refractivity contribution >= 4 is 0 Å². The molecule has 1 fully saturated rings. The van der Waals surface area contributed by atoms with Crippen LogP contribution in [-0.4, -0.2) is 25.8 Å². The van der Waals surface area contributed by atoms with Crippen molar-refractivity contribution in [2.45, 2.75) is 70.4 Å². The van der Waals surface area contributed by atoms with Crippen LogP contribution in [0.4, 0.5) is 0 Å². The summed E-state index contributed by atoms with van der Waals surface area (Å²) in [4.78, 5) is 0. The van der Waals surface area contributed by atoms with Crippen LogP contribution >= 0.6 is 0 Å². The molecule has 0 amide bonds. The molecule has 0 spiro atoms. The van der Waals surface area contributed by atoms with Crippen molar-refractivity contribution in [3.63, 3.8) is 0 Å². The Labute approximate surface area is 94.8 Å². The van der Waals surface area contributed by atoms with Gasteiger partial charge < -0.3 is 10.1 Å². The van der Waals surface area contributed by atoms with Gasteiger partial charge in [0.15, 0.2) is 0 Å². The van der Waals surface area contributed by atoms with Gasteiger partial charge in [0.25, 0.3) is 0 Å². The van der Waals surface area contributed by atoms with Crippen LogP contribution < -0.4 is 5.32 Å². The molecule has 1 aliphatic rings. The van der Waals surface area contributed by atoms with Crippen molar-refractivity contribution in [1.29, 1.82) is 0 Å². The summed E-state index contributed by atoms with van der Waals surface area (Å²) in [6.45, 7) is 3.26. The molecule has 0 bridgehead atoms. The smallest absolute Gasteiger partial charge is 0.0576 e. The van der Waals surface area contributed by atoms with E-state index in [4.69, 9.17) is 4.74 Å². The first-order valence-electron chi connectivity index (χ1n) is 6.65. The van der Waals surface area contributed by atoms with E-state index >= 15 is 0 Å². The van der Waals surface area contributed by atoms with E-state index in [-0.39, 0.29) is 0 Å². The second-order valence-corrected chi connectivity index (χ2v) is 4.69. The summed E-state index contributed by atoms with van der Waals surface area (Å²) in [5, 5.41) is 3.43. The number of ether oxygens (including phenoxy) is 1. The van der Waals surface area contributed by atoms with Gasteiger partial charge in [-0.3, -0.25) is 0 Å². The Kier molecular flexibility index (Phi) is 7.03. The summed E-state index contributed by atoms with van der Waals surface area (Å²) in [6, 6.07) is 0.709. The lowest BCUT2D eigenvalue weighted by molar-refractivity contribution is 0.0994. The van der Waals surface area contributed by atoms with Gasteiger partial charge in [0.05, 0.1) is 6.10 Å². The molecule has 0 radical (unpaired) electrons. The van der Waals surface area contributed by atoms with Crippen LogP contribution in [-0.2, 0) is 4.74 Å². The Morgan fingerprint density at radius 3 is 2.80 bits per heavy atom. The molecule has 0 aromatic rings. The molecule has 1 saturated heterocycles. The van der Waals surface area contributed by atoms with Crippen molar-refractivity contribution in [1.82, 2.24) is 5.32 Å². The number of hydrogen-bond donors (Lipinski definition) is 1. The molecule has 1 N–H and O–H groups in total. The first-order valence-corrected chi connectivity index (χ1v) is 6.65. The fraction of sp³-hybridized carbons (Fsp3) is 1.00. The maximum Gasteiger partial charge on any atom is 0.0576 e. The highest BCUT2D eigenvalue weighted by molar-refractivity contribution is 4.71. The predicted molar refractivity (Wildman–Crippen MR) is 65.2 cm³/mol. The Balaban J connectivity index is 2.04. The highest BCUT2D eigenvalue weighted by Gasteiger charge is 2.16. The van der Waals surface area contributed by atoms with E-state index in [1.54, 1.807) is 0 Å². The van der Waals surface area contributed by atoms with Gasteiger partial charge in [-0.1, -0.05) is 26.2 Å². The van der Waals surface area contributed by atoms with Gasteiger partial charge in [0.2, 0.25) is 0 Å². The van der Waals surface area contributed by atoms with Crippen molar-refractivity contribution in [3.05, 3.63) is 0 Å². The van der Waals surface area contributed by atoms with Crippen LogP contribution in [0, 0.1) is 0 Å². The molecule has 0 aromatic heterocycles. The largest absolute Gasteiger partial charge is 0.378 e. The van der Waals surface area contributed by atoms with Gasteiger partial charge in [-0.05, 0) is 39.2 Å². The number of nitrogens with one attached hydrogen (secondary N) is 1. The number of unbranched alkanes of at least 4 members (excludes halogenated alkanes) is 2. The van der Waals surface area contributed by atoms with E-state index in [2.05, 4.69) is 19.3 Å². The monoisotopic (exact) mass is 213 g/mol. The van der Waals surface area contributed by atoms with Crippen LogP contribution in [0.25, 0.3) is 0 Å². The van der Waals surface area contributed by atoms with E-state index in [0.717, 1.165) is 6.61 Å². The van der Waals surface area contributed by atoms with Gasteiger partial charge >= 0.3 is 0 Å². The molecule has 0 aromatic carbocycles. The molecule has 2 heteroatoms. The maximum absolute atomic E-state index is 5.65. The first kappa shape index (κ1) is 13.0. The highest BCUT2D eigenvalue weighted by atomic mass is 16.5. The average molecular weight is 213 g/mol. The summed E-state index contributed by atoms with van der Waals surface area (Å²) in [6.07, 6.45) is 11.0. The van der Waals surface area contributed by atoms with E-state index in [1.165, 1.54) is 51.4 Å². The van der Waals surface area contributed by atoms with Crippen LogP contribution in [0.3, 0.4) is 0 Å². The number of rotatable bonds is 8. The normalized spacial score (nSPS) is 23.2. The second-order valence-electron chi connectivity index (χ2n) is 4.69. The summed E-state index contributed by atoms with van der Waals surface area (Å²) in [5.41, 5.74) is 0. The highest BCUT2D eigenvalue weighted by Crippen LogP contribution is 2.19. The molecule has 1 rings (SSSR count). The van der Waals surface area contributed by atoms with Gasteiger partial charge in [-0.2, -0.15) is 0 Å². The minimum atomic E-state index is 0.562. The fourth-order valence-electron chi connectivity index (χ4n) is 2.33. The van der Waals surface area contributed by atoms with Gasteiger partial charge in [-0.25, -0.2) is 0 Å². The van der Waals surface area contributed by atoms with Crippen molar-refractivity contribution in [3.8, 4) is 0 Å². The van der Waals surface area contributed by atoms with Crippen molar-refractivity contribution in [2.75, 3.05) is 13.7 Å². The first-order chi connectivity index (χ1) is 7.36. The third-order valence-electron chi connectivity index (χ3n) is 3.43. The molecule has 0 aliphatic carbocycles. The Hall–Kier alpha value is -0.0800. The lowest BCUT2D eigenvalue weighted by Crippen LogP contribution is -2.26. The Morgan fingerprint density at radius 2 is 2.20 bits per heavy atom. The zero-order valence-corrected chi connectivity index (χ0v) is 10.4. The topological polar surface area (TPSA) is 21.3 Å². The molecule has 1 aliphatic heterocycles. The van der Waals surface area contributed by atoms with E-state index in [0.29, 0.717) is 12.1 Å². The van der Waals surface area contributed by atoms with Gasteiger partial charge in [0, 0.05) is 12.6 Å². The SMILES string of the molecule is CCCCCC(CCC1CCCO1)NC. The van der Waals surface area contributed by atoms with Crippen LogP contribution in [0.1, 0.15) is 58.3 Å². The minimum absolute atomic E-state index is 0.562. The maximum atomic E-state index is 5.65. The van der Waals surface area contributed by atoms with Crippen LogP contribution in [0.2, 0.25) is 0 Å². The van der Waals surface area contributed by atoms with E-state index in [1.807, 2.05) is 0 Å². The lowest BCUT2D eigenvalue weighted by Gasteiger charge is -2.18. The molecular weight excluding hydrogens is 186 g/mol.